The number of hydrogen-bond donors (Lipinski definition) is 0. The second kappa shape index (κ2) is 3.91. The Morgan fingerprint density at radius 3 is 1.69 bits per heavy atom. The molecule has 0 N–H and O–H groups in total. The molecule has 0 saturated heterocycles. The number of rotatable bonds is 4. The fourth-order valence-electron chi connectivity index (χ4n) is 0.765. The Bertz CT molecular complexity index is 316. The van der Waals surface area contributed by atoms with Crippen LogP contribution in [0.4, 0.5) is 22.0 Å². The van der Waals surface area contributed by atoms with E-state index in [0.717, 1.165) is 6.92 Å². The maximum atomic E-state index is 12.6. The van der Waals surface area contributed by atoms with Gasteiger partial charge in [0.15, 0.2) is 4.76 Å². The first-order chi connectivity index (χ1) is 6.91. The first-order valence-electron chi connectivity index (χ1n) is 3.97. The lowest BCUT2D eigenvalue weighted by Crippen LogP contribution is -2.58. The molecular weight excluding hydrogens is 243 g/mol. The van der Waals surface area contributed by atoms with Crippen molar-refractivity contribution in [3.63, 3.8) is 0 Å². The van der Waals surface area contributed by atoms with E-state index in [1.54, 1.807) is 0 Å². The van der Waals surface area contributed by atoms with Crippen molar-refractivity contribution >= 4 is 0 Å². The van der Waals surface area contributed by atoms with Crippen molar-refractivity contribution < 1.29 is 31.6 Å². The summed E-state index contributed by atoms with van der Waals surface area (Å²) in [5.41, 5.74) is -3.03. The highest BCUT2D eigenvalue weighted by atomic mass is 19.4. The van der Waals surface area contributed by atoms with Gasteiger partial charge in [-0.05, 0) is 0 Å². The molecular formula is C6H8F5N2O3+. The number of halogens is 5. The van der Waals surface area contributed by atoms with Crippen molar-refractivity contribution in [3.8, 4) is 0 Å². The van der Waals surface area contributed by atoms with E-state index < -0.39 is 34.0 Å². The highest BCUT2D eigenvalue weighted by molar-refractivity contribution is 4.67. The third-order valence-corrected chi connectivity index (χ3v) is 2.10. The van der Waals surface area contributed by atoms with Gasteiger partial charge >= 0.3 is 17.9 Å². The summed E-state index contributed by atoms with van der Waals surface area (Å²) in [5, 5.41) is 10.3. The van der Waals surface area contributed by atoms with Crippen LogP contribution in [0.1, 0.15) is 20.3 Å². The molecule has 0 aromatic rings. The lowest BCUT2D eigenvalue weighted by atomic mass is 10.1. The molecule has 94 valence electrons. The summed E-state index contributed by atoms with van der Waals surface area (Å²) in [6.45, 7) is 1.36. The van der Waals surface area contributed by atoms with Crippen LogP contribution >= 0.6 is 0 Å². The summed E-state index contributed by atoms with van der Waals surface area (Å²) in [7, 11) is 0. The monoisotopic (exact) mass is 251 g/mol. The number of nitrogens with zero attached hydrogens (tertiary/aromatic N) is 2. The first kappa shape index (κ1) is 14.6. The van der Waals surface area contributed by atoms with Crippen molar-refractivity contribution in [2.75, 3.05) is 0 Å². The third kappa shape index (κ3) is 2.09. The van der Waals surface area contributed by atoms with Crippen molar-refractivity contribution in [2.45, 2.75) is 38.2 Å². The summed E-state index contributed by atoms with van der Waals surface area (Å²) in [6.07, 6.45) is -6.96. The second-order valence-electron chi connectivity index (χ2n) is 3.16. The van der Waals surface area contributed by atoms with Crippen LogP contribution in [0.3, 0.4) is 0 Å². The van der Waals surface area contributed by atoms with Gasteiger partial charge in [-0.1, -0.05) is 6.92 Å². The summed E-state index contributed by atoms with van der Waals surface area (Å²) in [4.78, 5) is 19.7. The van der Waals surface area contributed by atoms with Gasteiger partial charge < -0.3 is 0 Å². The average molecular weight is 251 g/mol. The number of nitro groups is 1. The molecule has 0 aliphatic heterocycles. The van der Waals surface area contributed by atoms with Crippen molar-refractivity contribution in [1.29, 1.82) is 0 Å². The van der Waals surface area contributed by atoms with Gasteiger partial charge in [-0.3, -0.25) is 10.1 Å². The van der Waals surface area contributed by atoms with E-state index in [1.807, 2.05) is 0 Å². The Balaban J connectivity index is 5.44. The van der Waals surface area contributed by atoms with Gasteiger partial charge in [0.25, 0.3) is 0 Å². The van der Waals surface area contributed by atoms with Crippen molar-refractivity contribution in [1.82, 2.24) is 0 Å². The van der Waals surface area contributed by atoms with Gasteiger partial charge in [0.1, 0.15) is 0 Å². The Hall–Kier alpha value is -1.35. The standard InChI is InChI=1S/C6H8F5N2O3/c1-3-4(2,13(15)16)12(14)6(10,11)5(7,8)9/h3H2,1-2H3/q+1. The van der Waals surface area contributed by atoms with Crippen molar-refractivity contribution in [2.24, 2.45) is 0 Å². The molecule has 0 aliphatic rings. The number of alkyl halides is 5. The maximum Gasteiger partial charge on any atom is 0.606 e. The average Bonchev–Trinajstić information content (AvgIpc) is 2.13. The summed E-state index contributed by atoms with van der Waals surface area (Å²) in [6, 6.07) is -5.80. The number of hydrogen-bond acceptors (Lipinski definition) is 3. The fraction of sp³-hybridized carbons (Fsp3) is 1.00. The Morgan fingerprint density at radius 2 is 1.50 bits per heavy atom. The minimum atomic E-state index is -6.17. The van der Waals surface area contributed by atoms with E-state index in [9.17, 15) is 37.0 Å². The molecule has 0 heterocycles. The van der Waals surface area contributed by atoms with Crippen molar-refractivity contribution in [3.05, 3.63) is 15.0 Å². The number of nitroso groups, excluding NO2 is 1. The highest BCUT2D eigenvalue weighted by Crippen LogP contribution is 2.39. The van der Waals surface area contributed by atoms with E-state index in [2.05, 4.69) is 0 Å². The summed E-state index contributed by atoms with van der Waals surface area (Å²) >= 11 is 0. The van der Waals surface area contributed by atoms with Crippen LogP contribution in [0.5, 0.6) is 0 Å². The molecule has 0 spiro atoms. The van der Waals surface area contributed by atoms with Gasteiger partial charge in [-0.2, -0.15) is 13.2 Å². The zero-order valence-electron chi connectivity index (χ0n) is 8.22. The molecule has 0 aliphatic carbocycles. The van der Waals surface area contributed by atoms with Gasteiger partial charge in [0, 0.05) is 4.91 Å². The minimum absolute atomic E-state index is 0.402. The molecule has 0 rings (SSSR count). The van der Waals surface area contributed by atoms with Crippen LogP contribution in [0.25, 0.3) is 0 Å². The lowest BCUT2D eigenvalue weighted by molar-refractivity contribution is -0.890. The second-order valence-corrected chi connectivity index (χ2v) is 3.16. The van der Waals surface area contributed by atoms with Crippen LogP contribution < -0.4 is 0 Å². The molecule has 0 radical (unpaired) electrons. The summed E-state index contributed by atoms with van der Waals surface area (Å²) < 4.78 is 58.7. The smallest absolute Gasteiger partial charge is 0.258 e. The van der Waals surface area contributed by atoms with Crippen LogP contribution in [0, 0.1) is 15.0 Å². The van der Waals surface area contributed by atoms with E-state index in [4.69, 9.17) is 0 Å². The molecule has 1 atom stereocenters. The van der Waals surface area contributed by atoms with Crippen LogP contribution in [0.15, 0.2) is 0 Å². The molecule has 0 fully saturated rings. The zero-order valence-corrected chi connectivity index (χ0v) is 8.22. The molecule has 5 nitrogen and oxygen atoms in total. The van der Waals surface area contributed by atoms with E-state index >= 15 is 0 Å². The van der Waals surface area contributed by atoms with Gasteiger partial charge in [-0.15, -0.1) is 8.78 Å². The maximum absolute atomic E-state index is 12.6. The summed E-state index contributed by atoms with van der Waals surface area (Å²) in [5.74, 6) is 0. The van der Waals surface area contributed by atoms with E-state index in [1.165, 1.54) is 0 Å². The molecule has 16 heavy (non-hydrogen) atoms. The molecule has 0 aromatic carbocycles. The van der Waals surface area contributed by atoms with Crippen LogP contribution in [-0.4, -0.2) is 27.6 Å². The topological polar surface area (TPSA) is 63.2 Å². The Labute approximate surface area is 85.9 Å². The van der Waals surface area contributed by atoms with E-state index in [0.29, 0.717) is 6.92 Å². The van der Waals surface area contributed by atoms with Gasteiger partial charge in [0.05, 0.1) is 18.3 Å². The van der Waals surface area contributed by atoms with Gasteiger partial charge in [-0.25, -0.2) is 0 Å². The third-order valence-electron chi connectivity index (χ3n) is 2.10. The molecule has 0 amide bonds. The predicted octanol–water partition coefficient (Wildman–Crippen LogP) is 2.32. The quantitative estimate of drug-likeness (QED) is 0.192. The lowest BCUT2D eigenvalue weighted by Gasteiger charge is -2.17. The molecule has 0 saturated carbocycles. The molecule has 1 unspecified atom stereocenters. The Morgan fingerprint density at radius 1 is 1.12 bits per heavy atom. The highest BCUT2D eigenvalue weighted by Gasteiger charge is 2.78. The first-order valence-corrected chi connectivity index (χ1v) is 3.97. The van der Waals surface area contributed by atoms with Crippen LogP contribution in [0.2, 0.25) is 0 Å². The zero-order chi connectivity index (χ0) is 13.4. The van der Waals surface area contributed by atoms with Crippen LogP contribution in [-0.2, 0) is 0 Å². The molecule has 0 aromatic heterocycles. The van der Waals surface area contributed by atoms with Gasteiger partial charge in [0.2, 0.25) is 0 Å². The SMILES string of the molecule is CCC(C)([N+](=O)[O-])[N+](=O)C(F)(F)C(F)(F)F. The minimum Gasteiger partial charge on any atom is -0.258 e. The van der Waals surface area contributed by atoms with E-state index in [-0.39, 0.29) is 0 Å². The fourth-order valence-corrected chi connectivity index (χ4v) is 0.765. The molecule has 0 bridgehead atoms. The Kier molecular flexibility index (Phi) is 3.58. The normalized spacial score (nSPS) is 16.7. The largest absolute Gasteiger partial charge is 0.606 e. The predicted molar refractivity (Wildman–Crippen MR) is 40.3 cm³/mol. The molecule has 10 heteroatoms.